The van der Waals surface area contributed by atoms with Crippen LogP contribution in [0.1, 0.15) is 19.3 Å². The van der Waals surface area contributed by atoms with E-state index in [9.17, 15) is 4.39 Å². The molecule has 2 aliphatic carbocycles. The highest BCUT2D eigenvalue weighted by Gasteiger charge is 2.41. The third kappa shape index (κ3) is 1.68. The van der Waals surface area contributed by atoms with Crippen LogP contribution in [0, 0.1) is 11.3 Å². The maximum Gasteiger partial charge on any atom is 0.217 e. The topological polar surface area (TPSA) is 9.23 Å². The van der Waals surface area contributed by atoms with E-state index in [1.54, 1.807) is 0 Å². The van der Waals surface area contributed by atoms with E-state index in [0.29, 0.717) is 6.61 Å². The second-order valence-electron chi connectivity index (χ2n) is 4.12. The summed E-state index contributed by atoms with van der Waals surface area (Å²) >= 11 is 0. The van der Waals surface area contributed by atoms with Crippen LogP contribution in [0.2, 0.25) is 0 Å². The Bertz CT molecular complexity index is 236. The molecular weight excluding hydrogens is 167 g/mol. The van der Waals surface area contributed by atoms with Gasteiger partial charge in [-0.25, -0.2) is 4.39 Å². The summed E-state index contributed by atoms with van der Waals surface area (Å²) in [6, 6.07) is 0. The third-order valence-corrected chi connectivity index (χ3v) is 3.12. The molecule has 2 aliphatic rings. The van der Waals surface area contributed by atoms with E-state index in [0.717, 1.165) is 18.8 Å². The van der Waals surface area contributed by atoms with E-state index in [4.69, 9.17) is 4.74 Å². The minimum absolute atomic E-state index is 0.151. The zero-order valence-corrected chi connectivity index (χ0v) is 7.71. The number of rotatable bonds is 4. The highest BCUT2D eigenvalue weighted by Crippen LogP contribution is 2.49. The van der Waals surface area contributed by atoms with Gasteiger partial charge < -0.3 is 4.74 Å². The van der Waals surface area contributed by atoms with E-state index in [1.165, 1.54) is 12.5 Å². The van der Waals surface area contributed by atoms with Crippen LogP contribution in [0.15, 0.2) is 24.8 Å². The van der Waals surface area contributed by atoms with Crippen molar-refractivity contribution in [3.8, 4) is 0 Å². The lowest BCUT2D eigenvalue weighted by molar-refractivity contribution is -0.0349. The van der Waals surface area contributed by atoms with Gasteiger partial charge in [-0.05, 0) is 31.3 Å². The highest BCUT2D eigenvalue weighted by molar-refractivity contribution is 5.15. The summed E-state index contributed by atoms with van der Waals surface area (Å²) < 4.78 is 17.8. The molecule has 0 aliphatic heterocycles. The Hall–Kier alpha value is -0.630. The Morgan fingerprint density at radius 3 is 3.08 bits per heavy atom. The average molecular weight is 182 g/mol. The summed E-state index contributed by atoms with van der Waals surface area (Å²) in [5, 5.41) is 0. The summed E-state index contributed by atoms with van der Waals surface area (Å²) in [7, 11) is 0. The number of hydrogen-bond acceptors (Lipinski definition) is 1. The van der Waals surface area contributed by atoms with E-state index in [-0.39, 0.29) is 5.41 Å². The predicted molar refractivity (Wildman–Crippen MR) is 50.0 cm³/mol. The van der Waals surface area contributed by atoms with Crippen molar-refractivity contribution in [2.45, 2.75) is 25.6 Å². The van der Waals surface area contributed by atoms with E-state index < -0.39 is 6.36 Å². The number of alkyl halides is 1. The van der Waals surface area contributed by atoms with Gasteiger partial charge in [0.1, 0.15) is 0 Å². The molecule has 13 heavy (non-hydrogen) atoms. The Balaban J connectivity index is 1.88. The van der Waals surface area contributed by atoms with Gasteiger partial charge in [-0.1, -0.05) is 18.7 Å². The Labute approximate surface area is 78.3 Å². The lowest BCUT2D eigenvalue weighted by Gasteiger charge is -2.23. The average Bonchev–Trinajstić information content (AvgIpc) is 2.74. The van der Waals surface area contributed by atoms with Crippen LogP contribution in [0.4, 0.5) is 4.39 Å². The normalized spacial score (nSPS) is 38.1. The number of fused-ring (bicyclic) bond motifs is 2. The molecule has 0 heterocycles. The van der Waals surface area contributed by atoms with Crippen molar-refractivity contribution in [1.82, 2.24) is 0 Å². The van der Waals surface area contributed by atoms with E-state index in [2.05, 4.69) is 18.7 Å². The molecule has 2 heteroatoms. The van der Waals surface area contributed by atoms with Gasteiger partial charge >= 0.3 is 0 Å². The summed E-state index contributed by atoms with van der Waals surface area (Å²) in [4.78, 5) is 0. The standard InChI is InChI=1S/C11H15FO/c1-2-10(12)13-8-11-5-3-9(7-11)4-6-11/h2-3,5,9-10H,1,4,6-8H2. The van der Waals surface area contributed by atoms with E-state index >= 15 is 0 Å². The lowest BCUT2D eigenvalue weighted by atomic mass is 9.89. The smallest absolute Gasteiger partial charge is 0.217 e. The lowest BCUT2D eigenvalue weighted by Crippen LogP contribution is -2.21. The molecule has 72 valence electrons. The molecule has 0 radical (unpaired) electrons. The van der Waals surface area contributed by atoms with Crippen molar-refractivity contribution in [3.05, 3.63) is 24.8 Å². The highest BCUT2D eigenvalue weighted by atomic mass is 19.1. The van der Waals surface area contributed by atoms with Crippen molar-refractivity contribution >= 4 is 0 Å². The summed E-state index contributed by atoms with van der Waals surface area (Å²) in [6.07, 6.45) is 7.88. The zero-order chi connectivity index (χ0) is 9.31. The number of hydrogen-bond donors (Lipinski definition) is 0. The number of allylic oxidation sites excluding steroid dienone is 1. The molecule has 0 aromatic rings. The van der Waals surface area contributed by atoms with Crippen LogP contribution in [0.25, 0.3) is 0 Å². The van der Waals surface area contributed by atoms with Gasteiger partial charge in [0.15, 0.2) is 0 Å². The number of halogens is 1. The van der Waals surface area contributed by atoms with Gasteiger partial charge in [-0.3, -0.25) is 0 Å². The maximum atomic E-state index is 12.7. The quantitative estimate of drug-likeness (QED) is 0.607. The molecule has 1 saturated carbocycles. The molecule has 0 aromatic heterocycles. The van der Waals surface area contributed by atoms with Crippen LogP contribution in [0.3, 0.4) is 0 Å². The molecule has 2 rings (SSSR count). The minimum atomic E-state index is -1.30. The third-order valence-electron chi connectivity index (χ3n) is 3.12. The molecule has 3 unspecified atom stereocenters. The van der Waals surface area contributed by atoms with Crippen molar-refractivity contribution in [2.24, 2.45) is 11.3 Å². The first-order valence-corrected chi connectivity index (χ1v) is 4.82. The molecule has 0 aromatic carbocycles. The SMILES string of the molecule is C=CC(F)OCC12C=CC(CC1)C2. The molecule has 0 N–H and O–H groups in total. The van der Waals surface area contributed by atoms with Crippen LogP contribution < -0.4 is 0 Å². The zero-order valence-electron chi connectivity index (χ0n) is 7.71. The van der Waals surface area contributed by atoms with Gasteiger partial charge in [0.2, 0.25) is 6.36 Å². The Kier molecular flexibility index (Phi) is 2.24. The van der Waals surface area contributed by atoms with Crippen molar-refractivity contribution in [1.29, 1.82) is 0 Å². The second-order valence-corrected chi connectivity index (χ2v) is 4.12. The monoisotopic (exact) mass is 182 g/mol. The Morgan fingerprint density at radius 2 is 2.62 bits per heavy atom. The first kappa shape index (κ1) is 8.95. The molecule has 3 atom stereocenters. The molecule has 0 saturated heterocycles. The second kappa shape index (κ2) is 3.26. The minimum Gasteiger partial charge on any atom is -0.344 e. The van der Waals surface area contributed by atoms with Crippen LogP contribution in [0.5, 0.6) is 0 Å². The number of ether oxygens (including phenoxy) is 1. The van der Waals surface area contributed by atoms with Crippen LogP contribution in [-0.4, -0.2) is 13.0 Å². The molecule has 0 spiro atoms. The van der Waals surface area contributed by atoms with Crippen LogP contribution in [-0.2, 0) is 4.74 Å². The fourth-order valence-corrected chi connectivity index (χ4v) is 2.35. The van der Waals surface area contributed by atoms with Gasteiger partial charge in [0.25, 0.3) is 0 Å². The van der Waals surface area contributed by atoms with Crippen molar-refractivity contribution < 1.29 is 9.13 Å². The fraction of sp³-hybridized carbons (Fsp3) is 0.636. The van der Waals surface area contributed by atoms with Gasteiger partial charge in [-0.2, -0.15) is 0 Å². The summed E-state index contributed by atoms with van der Waals surface area (Å²) in [5.41, 5.74) is 0.151. The largest absolute Gasteiger partial charge is 0.344 e. The predicted octanol–water partition coefficient (Wildman–Crippen LogP) is 2.84. The molecular formula is C11H15FO. The van der Waals surface area contributed by atoms with Crippen LogP contribution >= 0.6 is 0 Å². The molecule has 2 bridgehead atoms. The first-order chi connectivity index (χ1) is 6.24. The van der Waals surface area contributed by atoms with Gasteiger partial charge in [0, 0.05) is 5.41 Å². The van der Waals surface area contributed by atoms with Crippen molar-refractivity contribution in [2.75, 3.05) is 6.61 Å². The fourth-order valence-electron chi connectivity index (χ4n) is 2.35. The summed E-state index contributed by atoms with van der Waals surface area (Å²) in [6.45, 7) is 3.85. The van der Waals surface area contributed by atoms with E-state index in [1.807, 2.05) is 0 Å². The Morgan fingerprint density at radius 1 is 1.77 bits per heavy atom. The van der Waals surface area contributed by atoms with Gasteiger partial charge in [-0.15, -0.1) is 0 Å². The van der Waals surface area contributed by atoms with Crippen molar-refractivity contribution in [3.63, 3.8) is 0 Å². The molecule has 0 amide bonds. The maximum absolute atomic E-state index is 12.7. The first-order valence-electron chi connectivity index (χ1n) is 4.82. The molecule has 1 fully saturated rings. The molecule has 1 nitrogen and oxygen atoms in total. The van der Waals surface area contributed by atoms with Gasteiger partial charge in [0.05, 0.1) is 6.61 Å². The summed E-state index contributed by atoms with van der Waals surface area (Å²) in [5.74, 6) is 0.727.